The molecule has 1 aliphatic rings. The van der Waals surface area contributed by atoms with Crippen LogP contribution < -0.4 is 0 Å². The topological polar surface area (TPSA) is 66.8 Å². The van der Waals surface area contributed by atoms with Gasteiger partial charge in [0.1, 0.15) is 11.6 Å². The number of amides is 1. The fourth-order valence-electron chi connectivity index (χ4n) is 3.34. The molecule has 1 rings (SSSR count). The molecule has 0 spiro atoms. The SMILES string of the molecule is CC1=CC(C)CC(C(C(=O)O)N(C(=O)OC(C)(C)C)C(C)C)C1. The van der Waals surface area contributed by atoms with E-state index >= 15 is 0 Å². The molecule has 132 valence electrons. The van der Waals surface area contributed by atoms with E-state index in [0.29, 0.717) is 12.3 Å². The van der Waals surface area contributed by atoms with Gasteiger partial charge >= 0.3 is 12.1 Å². The normalized spacial score (nSPS) is 23.2. The summed E-state index contributed by atoms with van der Waals surface area (Å²) < 4.78 is 5.45. The van der Waals surface area contributed by atoms with Crippen molar-refractivity contribution in [3.8, 4) is 0 Å². The van der Waals surface area contributed by atoms with Crippen molar-refractivity contribution in [1.82, 2.24) is 4.90 Å². The number of hydrogen-bond acceptors (Lipinski definition) is 3. The van der Waals surface area contributed by atoms with Gasteiger partial charge in [0.25, 0.3) is 0 Å². The molecule has 1 aliphatic carbocycles. The van der Waals surface area contributed by atoms with Crippen molar-refractivity contribution in [2.45, 2.75) is 79.0 Å². The van der Waals surface area contributed by atoms with Crippen LogP contribution >= 0.6 is 0 Å². The summed E-state index contributed by atoms with van der Waals surface area (Å²) in [5, 5.41) is 9.80. The zero-order valence-corrected chi connectivity index (χ0v) is 15.4. The predicted octanol–water partition coefficient (Wildman–Crippen LogP) is 4.08. The van der Waals surface area contributed by atoms with Crippen LogP contribution in [0.15, 0.2) is 11.6 Å². The highest BCUT2D eigenvalue weighted by Gasteiger charge is 2.41. The molecule has 0 saturated heterocycles. The lowest BCUT2D eigenvalue weighted by Crippen LogP contribution is -2.54. The standard InChI is InChI=1S/C18H31NO4/c1-11(2)19(17(22)23-18(5,6)7)15(16(20)21)14-9-12(3)8-13(4)10-14/h8,11-12,14-15H,9-10H2,1-7H3,(H,20,21). The maximum atomic E-state index is 12.6. The third-order valence-corrected chi connectivity index (χ3v) is 3.99. The lowest BCUT2D eigenvalue weighted by atomic mass is 9.79. The minimum atomic E-state index is -0.962. The first-order chi connectivity index (χ1) is 10.4. The van der Waals surface area contributed by atoms with E-state index in [1.54, 1.807) is 20.8 Å². The van der Waals surface area contributed by atoms with E-state index in [0.717, 1.165) is 6.42 Å². The average Bonchev–Trinajstić information content (AvgIpc) is 2.30. The number of carbonyl (C=O) groups excluding carboxylic acids is 1. The second-order valence-corrected chi connectivity index (χ2v) is 7.95. The van der Waals surface area contributed by atoms with Gasteiger partial charge < -0.3 is 9.84 Å². The number of rotatable bonds is 4. The molecule has 1 amide bonds. The van der Waals surface area contributed by atoms with Crippen molar-refractivity contribution in [1.29, 1.82) is 0 Å². The molecule has 23 heavy (non-hydrogen) atoms. The summed E-state index contributed by atoms with van der Waals surface area (Å²) in [7, 11) is 0. The Labute approximate surface area is 139 Å². The number of aliphatic carboxylic acids is 1. The molecule has 0 bridgehead atoms. The average molecular weight is 325 g/mol. The van der Waals surface area contributed by atoms with E-state index in [4.69, 9.17) is 4.74 Å². The Morgan fingerprint density at radius 3 is 2.30 bits per heavy atom. The van der Waals surface area contributed by atoms with Gasteiger partial charge in [0, 0.05) is 6.04 Å². The molecule has 0 aromatic heterocycles. The minimum absolute atomic E-state index is 0.0950. The van der Waals surface area contributed by atoms with Gasteiger partial charge in [-0.2, -0.15) is 0 Å². The molecule has 0 radical (unpaired) electrons. The van der Waals surface area contributed by atoms with E-state index in [2.05, 4.69) is 13.0 Å². The Hall–Kier alpha value is -1.52. The number of allylic oxidation sites excluding steroid dienone is 2. The molecule has 0 saturated carbocycles. The van der Waals surface area contributed by atoms with Crippen LogP contribution in [0.4, 0.5) is 4.79 Å². The second-order valence-electron chi connectivity index (χ2n) is 7.95. The van der Waals surface area contributed by atoms with Crippen molar-refractivity contribution >= 4 is 12.1 Å². The maximum absolute atomic E-state index is 12.6. The highest BCUT2D eigenvalue weighted by atomic mass is 16.6. The van der Waals surface area contributed by atoms with Crippen molar-refractivity contribution in [2.75, 3.05) is 0 Å². The fourth-order valence-corrected chi connectivity index (χ4v) is 3.34. The Balaban J connectivity index is 3.10. The van der Waals surface area contributed by atoms with E-state index in [1.165, 1.54) is 10.5 Å². The monoisotopic (exact) mass is 325 g/mol. The first kappa shape index (κ1) is 19.5. The largest absolute Gasteiger partial charge is 0.480 e. The Morgan fingerprint density at radius 2 is 1.91 bits per heavy atom. The number of ether oxygens (including phenoxy) is 1. The van der Waals surface area contributed by atoms with Crippen molar-refractivity contribution in [3.63, 3.8) is 0 Å². The third kappa shape index (κ3) is 5.56. The molecule has 0 fully saturated rings. The second kappa shape index (κ2) is 7.37. The highest BCUT2D eigenvalue weighted by molar-refractivity contribution is 5.81. The minimum Gasteiger partial charge on any atom is -0.480 e. The third-order valence-electron chi connectivity index (χ3n) is 3.99. The molecule has 0 aliphatic heterocycles. The molecule has 1 N–H and O–H groups in total. The van der Waals surface area contributed by atoms with Crippen molar-refractivity contribution in [2.24, 2.45) is 11.8 Å². The van der Waals surface area contributed by atoms with Gasteiger partial charge in [-0.25, -0.2) is 9.59 Å². The van der Waals surface area contributed by atoms with Gasteiger partial charge in [0.15, 0.2) is 0 Å². The first-order valence-electron chi connectivity index (χ1n) is 8.33. The van der Waals surface area contributed by atoms with E-state index in [-0.39, 0.29) is 12.0 Å². The number of carbonyl (C=O) groups is 2. The predicted molar refractivity (Wildman–Crippen MR) is 90.3 cm³/mol. The zero-order valence-electron chi connectivity index (χ0n) is 15.4. The van der Waals surface area contributed by atoms with Crippen LogP contribution in [0, 0.1) is 11.8 Å². The van der Waals surface area contributed by atoms with E-state index in [1.807, 2.05) is 20.8 Å². The molecule has 0 aromatic rings. The number of carboxylic acids is 1. The number of hydrogen-bond donors (Lipinski definition) is 1. The summed E-state index contributed by atoms with van der Waals surface area (Å²) in [5.41, 5.74) is 0.538. The van der Waals surface area contributed by atoms with Gasteiger partial charge in [-0.15, -0.1) is 0 Å². The number of carboxylic acid groups (broad SMARTS) is 1. The summed E-state index contributed by atoms with van der Waals surface area (Å²) in [6, 6.07) is -1.11. The summed E-state index contributed by atoms with van der Waals surface area (Å²) in [6.45, 7) is 13.1. The van der Waals surface area contributed by atoms with Crippen molar-refractivity contribution in [3.05, 3.63) is 11.6 Å². The van der Waals surface area contributed by atoms with Crippen LogP contribution in [0.3, 0.4) is 0 Å². The molecule has 5 heteroatoms. The smallest absolute Gasteiger partial charge is 0.411 e. The summed E-state index contributed by atoms with van der Waals surface area (Å²) in [6.07, 6.45) is 3.09. The summed E-state index contributed by atoms with van der Waals surface area (Å²) in [5.74, 6) is -0.734. The lowest BCUT2D eigenvalue weighted by molar-refractivity contribution is -0.146. The van der Waals surface area contributed by atoms with Gasteiger partial charge in [-0.3, -0.25) is 4.90 Å². The van der Waals surface area contributed by atoms with Crippen LogP contribution in [0.1, 0.15) is 61.3 Å². The highest BCUT2D eigenvalue weighted by Crippen LogP contribution is 2.33. The zero-order chi connectivity index (χ0) is 17.9. The van der Waals surface area contributed by atoms with E-state index in [9.17, 15) is 14.7 Å². The lowest BCUT2D eigenvalue weighted by Gasteiger charge is -2.39. The first-order valence-corrected chi connectivity index (χ1v) is 8.33. The van der Waals surface area contributed by atoms with Gasteiger partial charge in [0.05, 0.1) is 0 Å². The molecule has 5 nitrogen and oxygen atoms in total. The molecule has 3 atom stereocenters. The Bertz CT molecular complexity index is 476. The van der Waals surface area contributed by atoms with Crippen molar-refractivity contribution < 1.29 is 19.4 Å². The molecule has 0 heterocycles. The maximum Gasteiger partial charge on any atom is 0.411 e. The van der Waals surface area contributed by atoms with E-state index < -0.39 is 23.7 Å². The quantitative estimate of drug-likeness (QED) is 0.791. The molecule has 0 aromatic carbocycles. The van der Waals surface area contributed by atoms with Crippen LogP contribution in [0.2, 0.25) is 0 Å². The molecular weight excluding hydrogens is 294 g/mol. The van der Waals surface area contributed by atoms with Crippen LogP contribution in [-0.2, 0) is 9.53 Å². The van der Waals surface area contributed by atoms with Crippen LogP contribution in [0.5, 0.6) is 0 Å². The van der Waals surface area contributed by atoms with Crippen LogP contribution in [0.25, 0.3) is 0 Å². The van der Waals surface area contributed by atoms with Gasteiger partial charge in [-0.05, 0) is 66.2 Å². The Morgan fingerprint density at radius 1 is 1.35 bits per heavy atom. The summed E-state index contributed by atoms with van der Waals surface area (Å²) >= 11 is 0. The Kier molecular flexibility index (Phi) is 6.25. The van der Waals surface area contributed by atoms with Gasteiger partial charge in [0.2, 0.25) is 0 Å². The fraction of sp³-hybridized carbons (Fsp3) is 0.778. The molecule has 3 unspecified atom stereocenters. The van der Waals surface area contributed by atoms with Gasteiger partial charge in [-0.1, -0.05) is 18.6 Å². The van der Waals surface area contributed by atoms with Crippen LogP contribution in [-0.4, -0.2) is 39.8 Å². The summed E-state index contributed by atoms with van der Waals surface area (Å²) in [4.78, 5) is 25.9. The molecular formula is C18H31NO4. The number of nitrogens with zero attached hydrogens (tertiary/aromatic N) is 1.